The number of hydrogen-bond donors (Lipinski definition) is 4. The molecule has 1 aliphatic heterocycles. The summed E-state index contributed by atoms with van der Waals surface area (Å²) < 4.78 is 0. The molecule has 7 nitrogen and oxygen atoms in total. The highest BCUT2D eigenvalue weighted by molar-refractivity contribution is 5.75. The predicted molar refractivity (Wildman–Crippen MR) is 72.2 cm³/mol. The van der Waals surface area contributed by atoms with Crippen LogP contribution >= 0.6 is 0 Å². The molecule has 1 fully saturated rings. The van der Waals surface area contributed by atoms with Crippen LogP contribution in [0.2, 0.25) is 0 Å². The number of piperazine rings is 1. The molecule has 1 unspecified atom stereocenters. The van der Waals surface area contributed by atoms with Gasteiger partial charge in [-0.2, -0.15) is 0 Å². The average Bonchev–Trinajstić information content (AvgIpc) is 2.38. The third-order valence-corrected chi connectivity index (χ3v) is 3.17. The largest absolute Gasteiger partial charge is 0.481 e. The SMILES string of the molecule is CCC(CC(=O)O)NC(=O)NCCN1CCNCC1. The zero-order chi connectivity index (χ0) is 14.1. The lowest BCUT2D eigenvalue weighted by molar-refractivity contribution is -0.137. The molecule has 4 N–H and O–H groups in total. The van der Waals surface area contributed by atoms with Crippen LogP contribution in [0.1, 0.15) is 19.8 Å². The van der Waals surface area contributed by atoms with Crippen molar-refractivity contribution < 1.29 is 14.7 Å². The van der Waals surface area contributed by atoms with Crippen LogP contribution in [0.25, 0.3) is 0 Å². The van der Waals surface area contributed by atoms with Crippen LogP contribution in [0, 0.1) is 0 Å². The van der Waals surface area contributed by atoms with E-state index in [1.165, 1.54) is 0 Å². The second-order valence-electron chi connectivity index (χ2n) is 4.69. The van der Waals surface area contributed by atoms with Crippen molar-refractivity contribution in [2.45, 2.75) is 25.8 Å². The lowest BCUT2D eigenvalue weighted by Crippen LogP contribution is -2.48. The molecule has 0 aromatic heterocycles. The van der Waals surface area contributed by atoms with Gasteiger partial charge in [-0.1, -0.05) is 6.92 Å². The highest BCUT2D eigenvalue weighted by Crippen LogP contribution is 1.97. The Bertz CT molecular complexity index is 293. The average molecular weight is 272 g/mol. The Hall–Kier alpha value is -1.34. The number of carbonyl (C=O) groups is 2. The van der Waals surface area contributed by atoms with E-state index in [1.807, 2.05) is 6.92 Å². The molecule has 0 radical (unpaired) electrons. The fraction of sp³-hybridized carbons (Fsp3) is 0.833. The molecule has 19 heavy (non-hydrogen) atoms. The van der Waals surface area contributed by atoms with Gasteiger partial charge in [0.2, 0.25) is 0 Å². The number of hydrogen-bond acceptors (Lipinski definition) is 4. The Balaban J connectivity index is 2.13. The maximum atomic E-state index is 11.6. The van der Waals surface area contributed by atoms with Gasteiger partial charge in [0, 0.05) is 45.3 Å². The molecule has 110 valence electrons. The van der Waals surface area contributed by atoms with Crippen molar-refractivity contribution in [2.24, 2.45) is 0 Å². The Morgan fingerprint density at radius 2 is 2.05 bits per heavy atom. The van der Waals surface area contributed by atoms with E-state index in [-0.39, 0.29) is 18.5 Å². The summed E-state index contributed by atoms with van der Waals surface area (Å²) in [5, 5.41) is 17.4. The summed E-state index contributed by atoms with van der Waals surface area (Å²) in [7, 11) is 0. The molecule has 0 aliphatic carbocycles. The van der Waals surface area contributed by atoms with Gasteiger partial charge in [-0.25, -0.2) is 4.79 Å². The molecule has 0 spiro atoms. The number of carboxylic acids is 1. The van der Waals surface area contributed by atoms with Crippen LogP contribution in [-0.4, -0.2) is 67.3 Å². The van der Waals surface area contributed by atoms with Crippen molar-refractivity contribution in [3.63, 3.8) is 0 Å². The van der Waals surface area contributed by atoms with Crippen molar-refractivity contribution in [3.05, 3.63) is 0 Å². The maximum Gasteiger partial charge on any atom is 0.315 e. The number of aliphatic carboxylic acids is 1. The standard InChI is InChI=1S/C12H24N4O3/c1-2-10(9-11(17)18)15-12(19)14-5-8-16-6-3-13-4-7-16/h10,13H,2-9H2,1H3,(H,17,18)(H2,14,15,19). The van der Waals surface area contributed by atoms with Crippen LogP contribution < -0.4 is 16.0 Å². The van der Waals surface area contributed by atoms with Crippen LogP contribution in [0.5, 0.6) is 0 Å². The molecule has 0 aromatic carbocycles. The van der Waals surface area contributed by atoms with Crippen LogP contribution in [0.3, 0.4) is 0 Å². The molecule has 7 heteroatoms. The second-order valence-corrected chi connectivity index (χ2v) is 4.69. The highest BCUT2D eigenvalue weighted by Gasteiger charge is 2.14. The molecular formula is C12H24N4O3. The summed E-state index contributed by atoms with van der Waals surface area (Å²) in [5.74, 6) is -0.895. The van der Waals surface area contributed by atoms with Crippen LogP contribution in [0.15, 0.2) is 0 Å². The van der Waals surface area contributed by atoms with Gasteiger partial charge in [0.15, 0.2) is 0 Å². The number of carbonyl (C=O) groups excluding carboxylic acids is 1. The van der Waals surface area contributed by atoms with E-state index in [2.05, 4.69) is 20.9 Å². The minimum Gasteiger partial charge on any atom is -0.481 e. The van der Waals surface area contributed by atoms with Crippen molar-refractivity contribution in [1.29, 1.82) is 0 Å². The molecule has 0 saturated carbocycles. The molecular weight excluding hydrogens is 248 g/mol. The van der Waals surface area contributed by atoms with Gasteiger partial charge in [-0.15, -0.1) is 0 Å². The maximum absolute atomic E-state index is 11.6. The summed E-state index contributed by atoms with van der Waals surface area (Å²) in [6.07, 6.45) is 0.569. The lowest BCUT2D eigenvalue weighted by atomic mass is 10.1. The van der Waals surface area contributed by atoms with Crippen LogP contribution in [-0.2, 0) is 4.79 Å². The third-order valence-electron chi connectivity index (χ3n) is 3.17. The normalized spacial score (nSPS) is 17.7. The van der Waals surface area contributed by atoms with Gasteiger partial charge < -0.3 is 21.1 Å². The minimum atomic E-state index is -0.895. The molecule has 1 rings (SSSR count). The summed E-state index contributed by atoms with van der Waals surface area (Å²) in [5.41, 5.74) is 0. The zero-order valence-electron chi connectivity index (χ0n) is 11.4. The Morgan fingerprint density at radius 3 is 2.63 bits per heavy atom. The van der Waals surface area contributed by atoms with E-state index < -0.39 is 5.97 Å². The highest BCUT2D eigenvalue weighted by atomic mass is 16.4. The number of rotatable bonds is 7. The Labute approximate surface area is 113 Å². The predicted octanol–water partition coefficient (Wildman–Crippen LogP) is -0.556. The van der Waals surface area contributed by atoms with E-state index in [0.717, 1.165) is 32.7 Å². The van der Waals surface area contributed by atoms with E-state index in [4.69, 9.17) is 5.11 Å². The smallest absolute Gasteiger partial charge is 0.315 e. The fourth-order valence-corrected chi connectivity index (χ4v) is 2.01. The molecule has 1 atom stereocenters. The first-order chi connectivity index (χ1) is 9.11. The van der Waals surface area contributed by atoms with Gasteiger partial charge >= 0.3 is 12.0 Å². The minimum absolute atomic E-state index is 0.0400. The van der Waals surface area contributed by atoms with Crippen LogP contribution in [0.4, 0.5) is 4.79 Å². The monoisotopic (exact) mass is 272 g/mol. The number of carboxylic acid groups (broad SMARTS) is 1. The Morgan fingerprint density at radius 1 is 1.37 bits per heavy atom. The second kappa shape index (κ2) is 8.71. The summed E-state index contributed by atoms with van der Waals surface area (Å²) in [4.78, 5) is 24.5. The van der Waals surface area contributed by atoms with Gasteiger partial charge in [-0.3, -0.25) is 9.69 Å². The van der Waals surface area contributed by atoms with Crippen molar-refractivity contribution in [1.82, 2.24) is 20.9 Å². The first-order valence-electron chi connectivity index (χ1n) is 6.81. The van der Waals surface area contributed by atoms with E-state index in [0.29, 0.717) is 13.0 Å². The fourth-order valence-electron chi connectivity index (χ4n) is 2.01. The summed E-state index contributed by atoms with van der Waals surface area (Å²) >= 11 is 0. The van der Waals surface area contributed by atoms with Gasteiger partial charge in [0.05, 0.1) is 6.42 Å². The number of nitrogens with one attached hydrogen (secondary N) is 3. The number of amides is 2. The van der Waals surface area contributed by atoms with E-state index >= 15 is 0 Å². The van der Waals surface area contributed by atoms with E-state index in [9.17, 15) is 9.59 Å². The molecule has 0 bridgehead atoms. The van der Waals surface area contributed by atoms with Crippen molar-refractivity contribution >= 4 is 12.0 Å². The molecule has 1 aliphatic rings. The number of urea groups is 1. The molecule has 2 amide bonds. The van der Waals surface area contributed by atoms with E-state index in [1.54, 1.807) is 0 Å². The summed E-state index contributed by atoms with van der Waals surface area (Å²) in [6.45, 7) is 7.24. The first kappa shape index (κ1) is 15.7. The van der Waals surface area contributed by atoms with Gasteiger partial charge in [-0.05, 0) is 6.42 Å². The number of nitrogens with zero attached hydrogens (tertiary/aromatic N) is 1. The topological polar surface area (TPSA) is 93.7 Å². The van der Waals surface area contributed by atoms with Gasteiger partial charge in [0.1, 0.15) is 0 Å². The molecule has 1 saturated heterocycles. The summed E-state index contributed by atoms with van der Waals surface area (Å²) in [6, 6.07) is -0.597. The molecule has 1 heterocycles. The van der Waals surface area contributed by atoms with Crippen molar-refractivity contribution in [2.75, 3.05) is 39.3 Å². The Kier molecular flexibility index (Phi) is 7.20. The first-order valence-corrected chi connectivity index (χ1v) is 6.81. The zero-order valence-corrected chi connectivity index (χ0v) is 11.4. The quantitative estimate of drug-likeness (QED) is 0.499. The van der Waals surface area contributed by atoms with Crippen molar-refractivity contribution in [3.8, 4) is 0 Å². The van der Waals surface area contributed by atoms with Gasteiger partial charge in [0.25, 0.3) is 0 Å². The lowest BCUT2D eigenvalue weighted by Gasteiger charge is -2.27. The molecule has 0 aromatic rings. The third kappa shape index (κ3) is 6.97.